The molecule has 0 aromatic heterocycles. The van der Waals surface area contributed by atoms with Crippen molar-refractivity contribution in [3.8, 4) is 6.07 Å². The van der Waals surface area contributed by atoms with E-state index in [0.29, 0.717) is 18.7 Å². The molecule has 2 aromatic rings. The molecule has 0 heterocycles. The third-order valence-corrected chi connectivity index (χ3v) is 2.86. The number of anilines is 1. The van der Waals surface area contributed by atoms with E-state index in [0.717, 1.165) is 11.3 Å². The Morgan fingerprint density at radius 1 is 1.05 bits per heavy atom. The third kappa shape index (κ3) is 3.57. The number of para-hydroxylation sites is 1. The molecule has 3 nitrogen and oxygen atoms in total. The van der Waals surface area contributed by atoms with E-state index < -0.39 is 0 Å². The smallest absolute Gasteiger partial charge is 0.101 e. The van der Waals surface area contributed by atoms with Crippen LogP contribution in [0.4, 0.5) is 5.69 Å². The van der Waals surface area contributed by atoms with Gasteiger partial charge in [0.05, 0.1) is 17.9 Å². The SMILES string of the molecule is COCc1ccc(CNc2ccccc2C#N)cc1. The first kappa shape index (κ1) is 13.1. The van der Waals surface area contributed by atoms with Gasteiger partial charge in [-0.05, 0) is 23.3 Å². The summed E-state index contributed by atoms with van der Waals surface area (Å²) >= 11 is 0. The largest absolute Gasteiger partial charge is 0.380 e. The molecule has 0 saturated heterocycles. The Bertz CT molecular complexity index is 570. The van der Waals surface area contributed by atoms with Crippen molar-refractivity contribution in [2.75, 3.05) is 12.4 Å². The predicted molar refractivity (Wildman–Crippen MR) is 75.6 cm³/mol. The summed E-state index contributed by atoms with van der Waals surface area (Å²) in [5.74, 6) is 0. The van der Waals surface area contributed by atoms with E-state index >= 15 is 0 Å². The van der Waals surface area contributed by atoms with Gasteiger partial charge >= 0.3 is 0 Å². The van der Waals surface area contributed by atoms with Gasteiger partial charge in [0.2, 0.25) is 0 Å². The highest BCUT2D eigenvalue weighted by atomic mass is 16.5. The molecule has 0 saturated carbocycles. The molecular weight excluding hydrogens is 236 g/mol. The van der Waals surface area contributed by atoms with Crippen LogP contribution in [0.15, 0.2) is 48.5 Å². The Morgan fingerprint density at radius 3 is 2.42 bits per heavy atom. The molecular formula is C16H16N2O. The van der Waals surface area contributed by atoms with Crippen LogP contribution in [0.1, 0.15) is 16.7 Å². The minimum absolute atomic E-state index is 0.630. The summed E-state index contributed by atoms with van der Waals surface area (Å²) < 4.78 is 5.08. The maximum absolute atomic E-state index is 9.01. The van der Waals surface area contributed by atoms with Gasteiger partial charge in [-0.15, -0.1) is 0 Å². The molecule has 2 rings (SSSR count). The summed E-state index contributed by atoms with van der Waals surface area (Å²) in [4.78, 5) is 0. The van der Waals surface area contributed by atoms with Gasteiger partial charge in [-0.1, -0.05) is 36.4 Å². The maximum Gasteiger partial charge on any atom is 0.101 e. The van der Waals surface area contributed by atoms with Crippen LogP contribution in [0.25, 0.3) is 0 Å². The molecule has 0 atom stereocenters. The summed E-state index contributed by atoms with van der Waals surface area (Å²) in [5, 5.41) is 12.3. The molecule has 0 aliphatic rings. The van der Waals surface area contributed by atoms with Crippen LogP contribution in [-0.4, -0.2) is 7.11 Å². The molecule has 0 amide bonds. The average molecular weight is 252 g/mol. The number of rotatable bonds is 5. The molecule has 0 unspecified atom stereocenters. The fourth-order valence-corrected chi connectivity index (χ4v) is 1.85. The van der Waals surface area contributed by atoms with Crippen LogP contribution < -0.4 is 5.32 Å². The van der Waals surface area contributed by atoms with Crippen LogP contribution in [0.2, 0.25) is 0 Å². The predicted octanol–water partition coefficient (Wildman–Crippen LogP) is 3.32. The lowest BCUT2D eigenvalue weighted by molar-refractivity contribution is 0.185. The van der Waals surface area contributed by atoms with Crippen LogP contribution in [0, 0.1) is 11.3 Å². The number of methoxy groups -OCH3 is 1. The van der Waals surface area contributed by atoms with Gasteiger partial charge in [0.25, 0.3) is 0 Å². The van der Waals surface area contributed by atoms with Crippen molar-refractivity contribution in [3.05, 3.63) is 65.2 Å². The molecule has 96 valence electrons. The second-order valence-corrected chi connectivity index (χ2v) is 4.26. The number of nitrogens with one attached hydrogen (secondary N) is 1. The normalized spacial score (nSPS) is 9.89. The molecule has 0 radical (unpaired) electrons. The number of benzene rings is 2. The summed E-state index contributed by atoms with van der Waals surface area (Å²) in [5.41, 5.74) is 3.86. The van der Waals surface area contributed by atoms with Crippen molar-refractivity contribution < 1.29 is 4.74 Å². The number of ether oxygens (including phenoxy) is 1. The molecule has 19 heavy (non-hydrogen) atoms. The third-order valence-electron chi connectivity index (χ3n) is 2.86. The fraction of sp³-hybridized carbons (Fsp3) is 0.188. The zero-order chi connectivity index (χ0) is 13.5. The minimum atomic E-state index is 0.630. The lowest BCUT2D eigenvalue weighted by Gasteiger charge is -2.08. The first-order valence-corrected chi connectivity index (χ1v) is 6.13. The highest BCUT2D eigenvalue weighted by Gasteiger charge is 2.00. The van der Waals surface area contributed by atoms with Crippen LogP contribution in [0.5, 0.6) is 0 Å². The molecule has 2 aromatic carbocycles. The zero-order valence-corrected chi connectivity index (χ0v) is 10.9. The van der Waals surface area contributed by atoms with Crippen LogP contribution in [-0.2, 0) is 17.9 Å². The van der Waals surface area contributed by atoms with E-state index in [9.17, 15) is 0 Å². The Labute approximate surface area is 113 Å². The topological polar surface area (TPSA) is 45.0 Å². The van der Waals surface area contributed by atoms with Crippen LogP contribution in [0.3, 0.4) is 0 Å². The van der Waals surface area contributed by atoms with E-state index in [-0.39, 0.29) is 0 Å². The van der Waals surface area contributed by atoms with Crippen molar-refractivity contribution in [1.29, 1.82) is 5.26 Å². The van der Waals surface area contributed by atoms with Gasteiger partial charge in [-0.2, -0.15) is 5.26 Å². The van der Waals surface area contributed by atoms with Gasteiger partial charge < -0.3 is 10.1 Å². The molecule has 0 fully saturated rings. The average Bonchev–Trinajstić information content (AvgIpc) is 2.47. The first-order valence-electron chi connectivity index (χ1n) is 6.13. The van der Waals surface area contributed by atoms with E-state index in [1.54, 1.807) is 7.11 Å². The Kier molecular flexibility index (Phi) is 4.54. The number of hydrogen-bond acceptors (Lipinski definition) is 3. The van der Waals surface area contributed by atoms with Crippen molar-refractivity contribution in [3.63, 3.8) is 0 Å². The second-order valence-electron chi connectivity index (χ2n) is 4.26. The monoisotopic (exact) mass is 252 g/mol. The summed E-state index contributed by atoms with van der Waals surface area (Å²) in [6, 6.07) is 17.9. The van der Waals surface area contributed by atoms with E-state index in [1.165, 1.54) is 5.56 Å². The first-order chi connectivity index (χ1) is 9.33. The Balaban J connectivity index is 2.00. The van der Waals surface area contributed by atoms with Crippen molar-refractivity contribution >= 4 is 5.69 Å². The van der Waals surface area contributed by atoms with Gasteiger partial charge in [-0.25, -0.2) is 0 Å². The van der Waals surface area contributed by atoms with Crippen molar-refractivity contribution in [2.45, 2.75) is 13.2 Å². The Morgan fingerprint density at radius 2 is 1.74 bits per heavy atom. The Hall–Kier alpha value is -2.31. The van der Waals surface area contributed by atoms with Gasteiger partial charge in [0.15, 0.2) is 0 Å². The van der Waals surface area contributed by atoms with E-state index in [2.05, 4.69) is 35.7 Å². The number of nitriles is 1. The summed E-state index contributed by atoms with van der Waals surface area (Å²) in [6.07, 6.45) is 0. The molecule has 0 aliphatic carbocycles. The number of nitrogens with zero attached hydrogens (tertiary/aromatic N) is 1. The van der Waals surface area contributed by atoms with Crippen molar-refractivity contribution in [2.24, 2.45) is 0 Å². The van der Waals surface area contributed by atoms with Gasteiger partial charge in [0, 0.05) is 13.7 Å². The lowest BCUT2D eigenvalue weighted by atomic mass is 10.1. The van der Waals surface area contributed by atoms with Gasteiger partial charge in [-0.3, -0.25) is 0 Å². The standard InChI is InChI=1S/C16H16N2O/c1-19-12-14-8-6-13(7-9-14)11-18-16-5-3-2-4-15(16)10-17/h2-9,18H,11-12H2,1H3. The number of hydrogen-bond donors (Lipinski definition) is 1. The fourth-order valence-electron chi connectivity index (χ4n) is 1.85. The van der Waals surface area contributed by atoms with E-state index in [4.69, 9.17) is 10.00 Å². The molecule has 0 spiro atoms. The van der Waals surface area contributed by atoms with Crippen molar-refractivity contribution in [1.82, 2.24) is 0 Å². The quantitative estimate of drug-likeness (QED) is 0.887. The minimum Gasteiger partial charge on any atom is -0.380 e. The lowest BCUT2D eigenvalue weighted by Crippen LogP contribution is -2.01. The van der Waals surface area contributed by atoms with Crippen LogP contribution >= 0.6 is 0 Å². The molecule has 1 N–H and O–H groups in total. The van der Waals surface area contributed by atoms with Gasteiger partial charge in [0.1, 0.15) is 6.07 Å². The highest BCUT2D eigenvalue weighted by Crippen LogP contribution is 2.15. The highest BCUT2D eigenvalue weighted by molar-refractivity contribution is 5.57. The molecule has 3 heteroatoms. The van der Waals surface area contributed by atoms with E-state index in [1.807, 2.05) is 24.3 Å². The second kappa shape index (κ2) is 6.58. The summed E-state index contributed by atoms with van der Waals surface area (Å²) in [6.45, 7) is 1.33. The zero-order valence-electron chi connectivity index (χ0n) is 10.9. The molecule has 0 bridgehead atoms. The maximum atomic E-state index is 9.01. The molecule has 0 aliphatic heterocycles. The summed E-state index contributed by atoms with van der Waals surface area (Å²) in [7, 11) is 1.69.